The van der Waals surface area contributed by atoms with E-state index in [0.717, 1.165) is 33.4 Å². The van der Waals surface area contributed by atoms with Crippen molar-refractivity contribution >= 4 is 28.3 Å². The fourth-order valence-corrected chi connectivity index (χ4v) is 3.77. The highest BCUT2D eigenvalue weighted by atomic mass is 16.2. The Labute approximate surface area is 157 Å². The Balaban J connectivity index is 1.74. The third-order valence-electron chi connectivity index (χ3n) is 5.24. The minimum absolute atomic E-state index is 0.00530. The van der Waals surface area contributed by atoms with Gasteiger partial charge in [0.1, 0.15) is 0 Å². The zero-order chi connectivity index (χ0) is 19.1. The largest absolute Gasteiger partial charge is 0.329 e. The summed E-state index contributed by atoms with van der Waals surface area (Å²) in [5, 5.41) is 0.998. The third kappa shape index (κ3) is 2.77. The molecule has 27 heavy (non-hydrogen) atoms. The monoisotopic (exact) mass is 362 g/mol. The molecular formula is C21H22N4O2. The number of aryl methyl sites for hydroxylation is 3. The highest BCUT2D eigenvalue weighted by Gasteiger charge is 2.31. The number of benzene rings is 1. The van der Waals surface area contributed by atoms with Crippen molar-refractivity contribution in [2.24, 2.45) is 0 Å². The Morgan fingerprint density at radius 1 is 1.00 bits per heavy atom. The van der Waals surface area contributed by atoms with E-state index in [2.05, 4.69) is 4.98 Å². The molecule has 0 radical (unpaired) electrons. The standard InChI is InChI=1S/C21H22N4O2/c1-4-23-18-6-5-16(12-17(18)15(3)11-20(23)26)24-9-10-25(21(24)27)19-13-22-8-7-14(19)2/h5-8,11-13H,4,9-10H2,1-3H3. The van der Waals surface area contributed by atoms with Crippen molar-refractivity contribution in [2.45, 2.75) is 27.3 Å². The molecule has 1 aliphatic rings. The van der Waals surface area contributed by atoms with Crippen LogP contribution in [0, 0.1) is 13.8 Å². The van der Waals surface area contributed by atoms with Crippen molar-refractivity contribution in [1.82, 2.24) is 9.55 Å². The smallest absolute Gasteiger partial charge is 0.309 e. The van der Waals surface area contributed by atoms with Crippen LogP contribution in [0.4, 0.5) is 16.2 Å². The van der Waals surface area contributed by atoms with Crippen LogP contribution in [0.5, 0.6) is 0 Å². The van der Waals surface area contributed by atoms with Gasteiger partial charge in [0.15, 0.2) is 0 Å². The maximum Gasteiger partial charge on any atom is 0.329 e. The number of anilines is 2. The molecule has 2 amide bonds. The second kappa shape index (κ2) is 6.54. The summed E-state index contributed by atoms with van der Waals surface area (Å²) in [6.07, 6.45) is 3.47. The van der Waals surface area contributed by atoms with Crippen LogP contribution in [-0.4, -0.2) is 28.7 Å². The molecule has 1 saturated heterocycles. The van der Waals surface area contributed by atoms with E-state index in [1.54, 1.807) is 32.8 Å². The third-order valence-corrected chi connectivity index (χ3v) is 5.24. The number of amides is 2. The average molecular weight is 362 g/mol. The van der Waals surface area contributed by atoms with Gasteiger partial charge in [0.25, 0.3) is 5.56 Å². The maximum atomic E-state index is 13.0. The quantitative estimate of drug-likeness (QED) is 0.717. The lowest BCUT2D eigenvalue weighted by Crippen LogP contribution is -2.32. The molecule has 0 N–H and O–H groups in total. The van der Waals surface area contributed by atoms with E-state index in [-0.39, 0.29) is 11.6 Å². The number of aromatic nitrogens is 2. The van der Waals surface area contributed by atoms with Gasteiger partial charge in [0, 0.05) is 43.0 Å². The zero-order valence-corrected chi connectivity index (χ0v) is 15.8. The van der Waals surface area contributed by atoms with Crippen LogP contribution < -0.4 is 15.4 Å². The Morgan fingerprint density at radius 3 is 2.52 bits per heavy atom. The Kier molecular flexibility index (Phi) is 4.18. The molecular weight excluding hydrogens is 340 g/mol. The molecule has 6 heteroatoms. The molecule has 2 aromatic heterocycles. The molecule has 4 rings (SSSR count). The van der Waals surface area contributed by atoms with E-state index < -0.39 is 0 Å². The SMILES string of the molecule is CCn1c(=O)cc(C)c2cc(N3CCN(c4cnccc4C)C3=O)ccc21. The topological polar surface area (TPSA) is 58.4 Å². The molecule has 1 fully saturated rings. The molecule has 0 saturated carbocycles. The first-order chi connectivity index (χ1) is 13.0. The van der Waals surface area contributed by atoms with E-state index in [1.165, 1.54) is 0 Å². The van der Waals surface area contributed by atoms with Crippen LogP contribution in [0.1, 0.15) is 18.1 Å². The van der Waals surface area contributed by atoms with Crippen LogP contribution in [-0.2, 0) is 6.54 Å². The lowest BCUT2D eigenvalue weighted by atomic mass is 10.1. The normalized spacial score (nSPS) is 14.4. The van der Waals surface area contributed by atoms with Gasteiger partial charge in [-0.05, 0) is 56.2 Å². The summed E-state index contributed by atoms with van der Waals surface area (Å²) >= 11 is 0. The highest BCUT2D eigenvalue weighted by Crippen LogP contribution is 2.29. The number of carbonyl (C=O) groups is 1. The number of nitrogens with zero attached hydrogens (tertiary/aromatic N) is 4. The molecule has 0 aliphatic carbocycles. The van der Waals surface area contributed by atoms with E-state index in [9.17, 15) is 9.59 Å². The lowest BCUT2D eigenvalue weighted by Gasteiger charge is -2.20. The number of fused-ring (bicyclic) bond motifs is 1. The number of hydrogen-bond acceptors (Lipinski definition) is 3. The Bertz CT molecular complexity index is 1100. The molecule has 1 aliphatic heterocycles. The van der Waals surface area contributed by atoms with Crippen molar-refractivity contribution in [1.29, 1.82) is 0 Å². The first-order valence-corrected chi connectivity index (χ1v) is 9.15. The van der Waals surface area contributed by atoms with Crippen molar-refractivity contribution < 1.29 is 4.79 Å². The molecule has 0 spiro atoms. The highest BCUT2D eigenvalue weighted by molar-refractivity contribution is 6.07. The second-order valence-corrected chi connectivity index (χ2v) is 6.86. The number of urea groups is 1. The number of rotatable bonds is 3. The Hall–Kier alpha value is -3.15. The van der Waals surface area contributed by atoms with Gasteiger partial charge in [-0.25, -0.2) is 4.79 Å². The summed E-state index contributed by atoms with van der Waals surface area (Å²) < 4.78 is 1.75. The van der Waals surface area contributed by atoms with Gasteiger partial charge in [0.2, 0.25) is 0 Å². The Morgan fingerprint density at radius 2 is 1.78 bits per heavy atom. The van der Waals surface area contributed by atoms with Crippen LogP contribution >= 0.6 is 0 Å². The second-order valence-electron chi connectivity index (χ2n) is 6.86. The number of pyridine rings is 2. The van der Waals surface area contributed by atoms with Crippen molar-refractivity contribution in [3.8, 4) is 0 Å². The van der Waals surface area contributed by atoms with E-state index in [4.69, 9.17) is 0 Å². The van der Waals surface area contributed by atoms with Crippen LogP contribution in [0.3, 0.4) is 0 Å². The summed E-state index contributed by atoms with van der Waals surface area (Å²) in [7, 11) is 0. The van der Waals surface area contributed by atoms with Crippen LogP contribution in [0.2, 0.25) is 0 Å². The molecule has 3 aromatic rings. The fraction of sp³-hybridized carbons (Fsp3) is 0.286. The summed E-state index contributed by atoms with van der Waals surface area (Å²) in [6.45, 7) is 7.73. The molecule has 0 atom stereocenters. The van der Waals surface area contributed by atoms with E-state index >= 15 is 0 Å². The van der Waals surface area contributed by atoms with Gasteiger partial charge in [-0.15, -0.1) is 0 Å². The van der Waals surface area contributed by atoms with E-state index in [0.29, 0.717) is 19.6 Å². The average Bonchev–Trinajstić information content (AvgIpc) is 3.03. The van der Waals surface area contributed by atoms with Gasteiger partial charge in [0.05, 0.1) is 17.4 Å². The van der Waals surface area contributed by atoms with Crippen molar-refractivity contribution in [2.75, 3.05) is 22.9 Å². The molecule has 1 aromatic carbocycles. The van der Waals surface area contributed by atoms with Gasteiger partial charge in [-0.1, -0.05) is 0 Å². The first-order valence-electron chi connectivity index (χ1n) is 9.15. The molecule has 0 unspecified atom stereocenters. The first kappa shape index (κ1) is 17.3. The molecule has 0 bridgehead atoms. The zero-order valence-electron chi connectivity index (χ0n) is 15.8. The summed E-state index contributed by atoms with van der Waals surface area (Å²) in [5.74, 6) is 0. The fourth-order valence-electron chi connectivity index (χ4n) is 3.77. The van der Waals surface area contributed by atoms with Gasteiger partial charge in [-0.3, -0.25) is 19.6 Å². The van der Waals surface area contributed by atoms with Crippen molar-refractivity contribution in [3.05, 3.63) is 64.2 Å². The number of carbonyl (C=O) groups excluding carboxylic acids is 1. The van der Waals surface area contributed by atoms with Gasteiger partial charge < -0.3 is 4.57 Å². The van der Waals surface area contributed by atoms with Gasteiger partial charge >= 0.3 is 6.03 Å². The van der Waals surface area contributed by atoms with Crippen molar-refractivity contribution in [3.63, 3.8) is 0 Å². The van der Waals surface area contributed by atoms with Gasteiger partial charge in [-0.2, -0.15) is 0 Å². The number of hydrogen-bond donors (Lipinski definition) is 0. The summed E-state index contributed by atoms with van der Waals surface area (Å²) in [5.41, 5.74) is 4.56. The molecule has 3 heterocycles. The minimum Gasteiger partial charge on any atom is -0.309 e. The summed E-state index contributed by atoms with van der Waals surface area (Å²) in [6, 6.07) is 9.39. The predicted molar refractivity (Wildman–Crippen MR) is 108 cm³/mol. The van der Waals surface area contributed by atoms with Crippen LogP contribution in [0.25, 0.3) is 10.9 Å². The minimum atomic E-state index is -0.0492. The van der Waals surface area contributed by atoms with Crippen LogP contribution in [0.15, 0.2) is 47.5 Å². The molecule has 6 nitrogen and oxygen atoms in total. The maximum absolute atomic E-state index is 13.0. The lowest BCUT2D eigenvalue weighted by molar-refractivity contribution is 0.256. The predicted octanol–water partition coefficient (Wildman–Crippen LogP) is 3.48. The van der Waals surface area contributed by atoms with E-state index in [1.807, 2.05) is 45.0 Å². The molecule has 138 valence electrons. The summed E-state index contributed by atoms with van der Waals surface area (Å²) in [4.78, 5) is 32.9.